The van der Waals surface area contributed by atoms with E-state index in [1.54, 1.807) is 13.3 Å². The van der Waals surface area contributed by atoms with Crippen LogP contribution >= 0.6 is 23.2 Å². The Morgan fingerprint density at radius 2 is 1.83 bits per heavy atom. The fraction of sp³-hybridized carbons (Fsp3) is 0.448. The minimum Gasteiger partial charge on any atom is -0.384 e. The molecule has 0 radical (unpaired) electrons. The molecule has 0 bridgehead atoms. The van der Waals surface area contributed by atoms with Crippen LogP contribution in [0.1, 0.15) is 35.2 Å². The van der Waals surface area contributed by atoms with Crippen molar-refractivity contribution in [3.63, 3.8) is 0 Å². The lowest BCUT2D eigenvalue weighted by molar-refractivity contribution is 0.0146. The Bertz CT molecular complexity index is 1210. The number of carbonyl (C=O) groups excluding carboxylic acids is 1. The van der Waals surface area contributed by atoms with Crippen molar-refractivity contribution in [3.05, 3.63) is 75.9 Å². The van der Waals surface area contributed by atoms with Gasteiger partial charge in [-0.15, -0.1) is 0 Å². The van der Waals surface area contributed by atoms with Crippen molar-refractivity contribution in [1.82, 2.24) is 14.8 Å². The minimum absolute atomic E-state index is 0.122. The number of piperidine rings is 2. The van der Waals surface area contributed by atoms with Crippen LogP contribution in [0.25, 0.3) is 10.9 Å². The number of carbonyl (C=O) groups is 1. The van der Waals surface area contributed by atoms with E-state index < -0.39 is 0 Å². The van der Waals surface area contributed by atoms with E-state index >= 15 is 0 Å². The molecule has 3 heterocycles. The number of likely N-dealkylation sites (tertiary alicyclic amines) is 2. The fourth-order valence-electron chi connectivity index (χ4n) is 5.91. The first-order chi connectivity index (χ1) is 17.5. The number of aromatic nitrogens is 1. The number of rotatable bonds is 6. The molecule has 2 saturated heterocycles. The number of methoxy groups -OCH3 is 1. The Balaban J connectivity index is 1.17. The second-order valence-electron chi connectivity index (χ2n) is 10.1. The van der Waals surface area contributed by atoms with Crippen LogP contribution in [0, 0.1) is 11.8 Å². The molecule has 5 rings (SSSR count). The first-order valence-electron chi connectivity index (χ1n) is 12.8. The van der Waals surface area contributed by atoms with E-state index in [4.69, 9.17) is 27.9 Å². The largest absolute Gasteiger partial charge is 0.384 e. The Kier molecular flexibility index (Phi) is 8.12. The summed E-state index contributed by atoms with van der Waals surface area (Å²) >= 11 is 12.4. The third-order valence-electron chi connectivity index (χ3n) is 7.90. The van der Waals surface area contributed by atoms with Crippen LogP contribution in [0.4, 0.5) is 0 Å². The second kappa shape index (κ2) is 11.5. The van der Waals surface area contributed by atoms with E-state index in [0.717, 1.165) is 74.9 Å². The predicted octanol–water partition coefficient (Wildman–Crippen LogP) is 5.97. The Morgan fingerprint density at radius 1 is 1.00 bits per heavy atom. The van der Waals surface area contributed by atoms with Gasteiger partial charge in [0, 0.05) is 49.9 Å². The number of pyridine rings is 1. The third kappa shape index (κ3) is 5.70. The molecule has 1 amide bonds. The average molecular weight is 527 g/mol. The smallest absolute Gasteiger partial charge is 0.253 e. The summed E-state index contributed by atoms with van der Waals surface area (Å²) < 4.78 is 5.62. The summed E-state index contributed by atoms with van der Waals surface area (Å²) in [6.45, 7) is 4.48. The summed E-state index contributed by atoms with van der Waals surface area (Å²) in [6.07, 6.45) is 5.93. The van der Waals surface area contributed by atoms with Gasteiger partial charge in [-0.2, -0.15) is 0 Å². The normalized spacial score (nSPS) is 21.7. The van der Waals surface area contributed by atoms with Gasteiger partial charge in [-0.3, -0.25) is 14.7 Å². The van der Waals surface area contributed by atoms with E-state index in [9.17, 15) is 4.79 Å². The van der Waals surface area contributed by atoms with Crippen LogP contribution in [0.5, 0.6) is 0 Å². The van der Waals surface area contributed by atoms with Crippen molar-refractivity contribution < 1.29 is 9.53 Å². The highest BCUT2D eigenvalue weighted by Gasteiger charge is 2.34. The standard InChI is InChI=1S/C29H33Cl2N3O2/c1-36-19-24-18-34(12-8-21(24)15-20-4-6-26(30)27(31)16-20)25-9-13-33(14-10-25)29(35)23-5-7-28-22(17-23)3-2-11-32-28/h2-7,11,16-17,21,24-25H,8-10,12-15,18-19H2,1H3/t21?,24-/m0/s1. The fourth-order valence-corrected chi connectivity index (χ4v) is 6.23. The molecule has 7 heteroatoms. The maximum Gasteiger partial charge on any atom is 0.253 e. The maximum atomic E-state index is 13.2. The van der Waals surface area contributed by atoms with Crippen molar-refractivity contribution in [2.24, 2.45) is 11.8 Å². The summed E-state index contributed by atoms with van der Waals surface area (Å²) in [5, 5.41) is 2.23. The second-order valence-corrected chi connectivity index (χ2v) is 11.0. The van der Waals surface area contributed by atoms with Gasteiger partial charge in [0.15, 0.2) is 0 Å². The third-order valence-corrected chi connectivity index (χ3v) is 8.64. The van der Waals surface area contributed by atoms with Crippen LogP contribution in [0.3, 0.4) is 0 Å². The zero-order valence-corrected chi connectivity index (χ0v) is 22.2. The van der Waals surface area contributed by atoms with Gasteiger partial charge < -0.3 is 9.64 Å². The molecule has 2 fully saturated rings. The topological polar surface area (TPSA) is 45.7 Å². The van der Waals surface area contributed by atoms with Crippen LogP contribution in [-0.2, 0) is 11.2 Å². The van der Waals surface area contributed by atoms with Gasteiger partial charge in [0.2, 0.25) is 0 Å². The molecule has 190 valence electrons. The molecule has 2 atom stereocenters. The molecule has 36 heavy (non-hydrogen) atoms. The van der Waals surface area contributed by atoms with Gasteiger partial charge >= 0.3 is 0 Å². The van der Waals surface area contributed by atoms with Crippen molar-refractivity contribution in [1.29, 1.82) is 0 Å². The molecule has 2 aromatic carbocycles. The molecule has 0 aliphatic carbocycles. The quantitative estimate of drug-likeness (QED) is 0.397. The van der Waals surface area contributed by atoms with Crippen LogP contribution in [0.15, 0.2) is 54.7 Å². The number of halogens is 2. The van der Waals surface area contributed by atoms with Gasteiger partial charge in [-0.1, -0.05) is 35.3 Å². The van der Waals surface area contributed by atoms with Crippen molar-refractivity contribution >= 4 is 40.0 Å². The highest BCUT2D eigenvalue weighted by Crippen LogP contribution is 2.32. The van der Waals surface area contributed by atoms with Gasteiger partial charge in [0.05, 0.1) is 22.2 Å². The predicted molar refractivity (Wildman–Crippen MR) is 146 cm³/mol. The molecule has 2 aliphatic heterocycles. The van der Waals surface area contributed by atoms with Crippen molar-refractivity contribution in [2.45, 2.75) is 31.7 Å². The molecule has 3 aromatic rings. The number of fused-ring (bicyclic) bond motifs is 1. The van der Waals surface area contributed by atoms with Gasteiger partial charge in [-0.25, -0.2) is 0 Å². The first kappa shape index (κ1) is 25.5. The number of hydrogen-bond donors (Lipinski definition) is 0. The van der Waals surface area contributed by atoms with Crippen LogP contribution < -0.4 is 0 Å². The van der Waals surface area contributed by atoms with Gasteiger partial charge in [0.25, 0.3) is 5.91 Å². The molecular weight excluding hydrogens is 493 g/mol. The molecule has 0 N–H and O–H groups in total. The molecular formula is C29H33Cl2N3O2. The SMILES string of the molecule is COC[C@@H]1CN(C2CCN(C(=O)c3ccc4ncccc4c3)CC2)CCC1Cc1ccc(Cl)c(Cl)c1. The molecule has 5 nitrogen and oxygen atoms in total. The van der Waals surface area contributed by atoms with E-state index in [2.05, 4.69) is 16.0 Å². The van der Waals surface area contributed by atoms with E-state index in [0.29, 0.717) is 27.9 Å². The minimum atomic E-state index is 0.122. The van der Waals surface area contributed by atoms with Gasteiger partial charge in [0.1, 0.15) is 0 Å². The summed E-state index contributed by atoms with van der Waals surface area (Å²) in [5.41, 5.74) is 2.90. The average Bonchev–Trinajstić information content (AvgIpc) is 2.91. The van der Waals surface area contributed by atoms with Crippen molar-refractivity contribution in [2.75, 3.05) is 39.9 Å². The number of nitrogens with zero attached hydrogens (tertiary/aromatic N) is 3. The monoisotopic (exact) mass is 525 g/mol. The molecule has 1 unspecified atom stereocenters. The zero-order chi connectivity index (χ0) is 25.1. The lowest BCUT2D eigenvalue weighted by Crippen LogP contribution is -2.52. The first-order valence-corrected chi connectivity index (χ1v) is 13.6. The van der Waals surface area contributed by atoms with Crippen molar-refractivity contribution in [3.8, 4) is 0 Å². The highest BCUT2D eigenvalue weighted by atomic mass is 35.5. The van der Waals surface area contributed by atoms with E-state index in [-0.39, 0.29) is 5.91 Å². The molecule has 1 aromatic heterocycles. The summed E-state index contributed by atoms with van der Waals surface area (Å²) in [4.78, 5) is 22.2. The number of amides is 1. The maximum absolute atomic E-state index is 13.2. The van der Waals surface area contributed by atoms with Crippen LogP contribution in [0.2, 0.25) is 10.0 Å². The van der Waals surface area contributed by atoms with Crippen LogP contribution in [-0.4, -0.2) is 66.6 Å². The molecule has 2 aliphatic rings. The Morgan fingerprint density at radius 3 is 2.61 bits per heavy atom. The number of ether oxygens (including phenoxy) is 1. The lowest BCUT2D eigenvalue weighted by Gasteiger charge is -2.45. The summed E-state index contributed by atoms with van der Waals surface area (Å²) in [5.74, 6) is 1.16. The van der Waals surface area contributed by atoms with Gasteiger partial charge in [-0.05, 0) is 86.0 Å². The summed E-state index contributed by atoms with van der Waals surface area (Å²) in [6, 6.07) is 16.2. The molecule has 0 spiro atoms. The number of hydrogen-bond acceptors (Lipinski definition) is 4. The lowest BCUT2D eigenvalue weighted by atomic mass is 9.80. The van der Waals surface area contributed by atoms with E-state index in [1.807, 2.05) is 47.4 Å². The van der Waals surface area contributed by atoms with E-state index in [1.165, 1.54) is 5.56 Å². The Labute approximate surface area is 223 Å². The summed E-state index contributed by atoms with van der Waals surface area (Å²) in [7, 11) is 1.79. The Hall–Kier alpha value is -2.18. The molecule has 0 saturated carbocycles. The number of benzene rings is 2. The highest BCUT2D eigenvalue weighted by molar-refractivity contribution is 6.42. The zero-order valence-electron chi connectivity index (χ0n) is 20.7.